The van der Waals surface area contributed by atoms with Gasteiger partial charge in [0, 0.05) is 5.25 Å². The van der Waals surface area contributed by atoms with Gasteiger partial charge in [-0.25, -0.2) is 12.7 Å². The molecular weight excluding hydrogens is 356 g/mol. The van der Waals surface area contributed by atoms with E-state index < -0.39 is 10.0 Å². The third-order valence-electron chi connectivity index (χ3n) is 3.96. The number of sulfonamides is 1. The quantitative estimate of drug-likeness (QED) is 0.801. The standard InChI is InChI=1S/C18H20N2O3S2/c1-14(15-6-4-3-5-7-15)24-18-19-12-13-20(18)25(21,22)17-10-8-16(23-2)9-11-17/h3-11,14H,12-13H2,1-2H3/t14-/m1/s1. The molecule has 25 heavy (non-hydrogen) atoms. The molecule has 0 aliphatic carbocycles. The van der Waals surface area contributed by atoms with Crippen LogP contribution in [-0.2, 0) is 10.0 Å². The van der Waals surface area contributed by atoms with Crippen molar-refractivity contribution >= 4 is 27.0 Å². The van der Waals surface area contributed by atoms with Crippen LogP contribution >= 0.6 is 11.8 Å². The Hall–Kier alpha value is -1.99. The van der Waals surface area contributed by atoms with Crippen LogP contribution in [0.25, 0.3) is 0 Å². The van der Waals surface area contributed by atoms with E-state index in [1.54, 1.807) is 31.4 Å². The van der Waals surface area contributed by atoms with Gasteiger partial charge in [-0.05, 0) is 36.8 Å². The molecule has 3 rings (SSSR count). The predicted molar refractivity (Wildman–Crippen MR) is 102 cm³/mol. The number of aliphatic imine (C=N–C) groups is 1. The van der Waals surface area contributed by atoms with Crippen molar-refractivity contribution in [1.29, 1.82) is 0 Å². The smallest absolute Gasteiger partial charge is 0.265 e. The second-order valence-corrected chi connectivity index (χ2v) is 8.76. The van der Waals surface area contributed by atoms with E-state index in [1.807, 2.05) is 30.3 Å². The lowest BCUT2D eigenvalue weighted by Crippen LogP contribution is -2.33. The second-order valence-electron chi connectivity index (χ2n) is 5.59. The molecule has 0 amide bonds. The Labute approximate surface area is 152 Å². The molecule has 5 nitrogen and oxygen atoms in total. The van der Waals surface area contributed by atoms with Gasteiger partial charge in [0.1, 0.15) is 5.75 Å². The first kappa shape index (κ1) is 17.8. The number of rotatable bonds is 5. The van der Waals surface area contributed by atoms with Gasteiger partial charge in [-0.1, -0.05) is 42.1 Å². The first-order valence-corrected chi connectivity index (χ1v) is 10.3. The molecule has 0 spiro atoms. The summed E-state index contributed by atoms with van der Waals surface area (Å²) in [4.78, 5) is 4.66. The van der Waals surface area contributed by atoms with Crippen molar-refractivity contribution in [2.75, 3.05) is 20.2 Å². The fourth-order valence-electron chi connectivity index (χ4n) is 2.56. The van der Waals surface area contributed by atoms with Crippen molar-refractivity contribution in [3.8, 4) is 5.75 Å². The molecule has 1 heterocycles. The average Bonchev–Trinajstić information content (AvgIpc) is 3.11. The molecule has 2 aromatic rings. The van der Waals surface area contributed by atoms with Gasteiger partial charge in [0.15, 0.2) is 5.17 Å². The van der Waals surface area contributed by atoms with E-state index in [1.165, 1.54) is 16.1 Å². The number of methoxy groups -OCH3 is 1. The van der Waals surface area contributed by atoms with E-state index in [0.29, 0.717) is 24.0 Å². The molecule has 0 unspecified atom stereocenters. The minimum absolute atomic E-state index is 0.117. The van der Waals surface area contributed by atoms with E-state index in [2.05, 4.69) is 11.9 Å². The summed E-state index contributed by atoms with van der Waals surface area (Å²) in [5.41, 5.74) is 1.14. The highest BCUT2D eigenvalue weighted by molar-refractivity contribution is 8.15. The maximum absolute atomic E-state index is 13.0. The molecule has 132 valence electrons. The van der Waals surface area contributed by atoms with Gasteiger partial charge in [-0.3, -0.25) is 4.99 Å². The van der Waals surface area contributed by atoms with E-state index >= 15 is 0 Å². The largest absolute Gasteiger partial charge is 0.497 e. The maximum atomic E-state index is 13.0. The maximum Gasteiger partial charge on any atom is 0.265 e. The molecule has 1 atom stereocenters. The number of nitrogens with zero attached hydrogens (tertiary/aromatic N) is 2. The van der Waals surface area contributed by atoms with Crippen LogP contribution in [0.15, 0.2) is 64.5 Å². The summed E-state index contributed by atoms with van der Waals surface area (Å²) in [5.74, 6) is 0.626. The molecular formula is C18H20N2O3S2. The Balaban J connectivity index is 1.80. The van der Waals surface area contributed by atoms with E-state index in [0.717, 1.165) is 5.56 Å². The summed E-state index contributed by atoms with van der Waals surface area (Å²) in [6.45, 7) is 2.91. The predicted octanol–water partition coefficient (Wildman–Crippen LogP) is 3.55. The molecule has 0 aromatic heterocycles. The highest BCUT2D eigenvalue weighted by Gasteiger charge is 2.32. The lowest BCUT2D eigenvalue weighted by molar-refractivity contribution is 0.414. The average molecular weight is 377 g/mol. The van der Waals surface area contributed by atoms with Crippen LogP contribution in [0.2, 0.25) is 0 Å². The summed E-state index contributed by atoms with van der Waals surface area (Å²) in [6.07, 6.45) is 0. The van der Waals surface area contributed by atoms with Gasteiger partial charge < -0.3 is 4.74 Å². The Morgan fingerprint density at radius 1 is 1.12 bits per heavy atom. The van der Waals surface area contributed by atoms with Crippen LogP contribution in [0.1, 0.15) is 17.7 Å². The van der Waals surface area contributed by atoms with Gasteiger partial charge in [0.25, 0.3) is 10.0 Å². The first-order chi connectivity index (χ1) is 12.0. The zero-order valence-electron chi connectivity index (χ0n) is 14.1. The molecule has 1 aliphatic heterocycles. The van der Waals surface area contributed by atoms with Crippen molar-refractivity contribution in [3.63, 3.8) is 0 Å². The molecule has 0 bridgehead atoms. The third-order valence-corrected chi connectivity index (χ3v) is 7.07. The Kier molecular flexibility index (Phi) is 5.34. The Morgan fingerprint density at radius 2 is 1.80 bits per heavy atom. The van der Waals surface area contributed by atoms with E-state index in [4.69, 9.17) is 4.74 Å². The molecule has 0 saturated heterocycles. The third kappa shape index (κ3) is 3.82. The molecule has 0 N–H and O–H groups in total. The normalized spacial score (nSPS) is 15.8. The van der Waals surface area contributed by atoms with Gasteiger partial charge in [0.05, 0.1) is 25.1 Å². The van der Waals surface area contributed by atoms with Crippen molar-refractivity contribution in [2.45, 2.75) is 17.1 Å². The van der Waals surface area contributed by atoms with E-state index in [-0.39, 0.29) is 10.1 Å². The summed E-state index contributed by atoms with van der Waals surface area (Å²) < 4.78 is 32.4. The van der Waals surface area contributed by atoms with Crippen molar-refractivity contribution in [3.05, 3.63) is 60.2 Å². The lowest BCUT2D eigenvalue weighted by Gasteiger charge is -2.22. The van der Waals surface area contributed by atoms with Gasteiger partial charge in [-0.15, -0.1) is 0 Å². The summed E-state index contributed by atoms with van der Waals surface area (Å²) in [7, 11) is -2.06. The zero-order chi connectivity index (χ0) is 17.9. The van der Waals surface area contributed by atoms with Crippen LogP contribution < -0.4 is 4.74 Å². The van der Waals surface area contributed by atoms with Crippen LogP contribution in [0.3, 0.4) is 0 Å². The van der Waals surface area contributed by atoms with Gasteiger partial charge in [0.2, 0.25) is 0 Å². The molecule has 0 radical (unpaired) electrons. The van der Waals surface area contributed by atoms with Crippen LogP contribution in [0.4, 0.5) is 0 Å². The molecule has 2 aromatic carbocycles. The number of thioether (sulfide) groups is 1. The molecule has 7 heteroatoms. The fourth-order valence-corrected chi connectivity index (χ4v) is 5.28. The Bertz CT molecular complexity index is 850. The molecule has 0 saturated carbocycles. The van der Waals surface area contributed by atoms with Crippen molar-refractivity contribution < 1.29 is 13.2 Å². The molecule has 0 fully saturated rings. The summed E-state index contributed by atoms with van der Waals surface area (Å²) in [6, 6.07) is 16.4. The van der Waals surface area contributed by atoms with Crippen molar-refractivity contribution in [2.24, 2.45) is 4.99 Å². The van der Waals surface area contributed by atoms with Crippen LogP contribution in [0, 0.1) is 0 Å². The summed E-state index contributed by atoms with van der Waals surface area (Å²) >= 11 is 1.47. The Morgan fingerprint density at radius 3 is 2.44 bits per heavy atom. The van der Waals surface area contributed by atoms with Crippen LogP contribution in [0.5, 0.6) is 5.75 Å². The topological polar surface area (TPSA) is 59.0 Å². The van der Waals surface area contributed by atoms with Crippen molar-refractivity contribution in [1.82, 2.24) is 4.31 Å². The zero-order valence-corrected chi connectivity index (χ0v) is 15.8. The highest BCUT2D eigenvalue weighted by atomic mass is 32.2. The minimum Gasteiger partial charge on any atom is -0.497 e. The van der Waals surface area contributed by atoms with Gasteiger partial charge in [-0.2, -0.15) is 0 Å². The SMILES string of the molecule is COc1ccc(S(=O)(=O)N2CCN=C2S[C@H](C)c2ccccc2)cc1. The number of benzene rings is 2. The monoisotopic (exact) mass is 376 g/mol. The number of hydrogen-bond acceptors (Lipinski definition) is 5. The number of amidine groups is 1. The van der Waals surface area contributed by atoms with Gasteiger partial charge >= 0.3 is 0 Å². The minimum atomic E-state index is -3.61. The summed E-state index contributed by atoms with van der Waals surface area (Å²) in [5, 5.41) is 0.666. The highest BCUT2D eigenvalue weighted by Crippen LogP contribution is 2.34. The number of ether oxygens (including phenoxy) is 1. The molecule has 1 aliphatic rings. The van der Waals surface area contributed by atoms with Crippen LogP contribution in [-0.4, -0.2) is 38.1 Å². The lowest BCUT2D eigenvalue weighted by atomic mass is 10.2. The first-order valence-electron chi connectivity index (χ1n) is 7.95. The fraction of sp³-hybridized carbons (Fsp3) is 0.278. The van der Waals surface area contributed by atoms with E-state index in [9.17, 15) is 8.42 Å². The second kappa shape index (κ2) is 7.49. The number of hydrogen-bond donors (Lipinski definition) is 0.